The highest BCUT2D eigenvalue weighted by Crippen LogP contribution is 2.34. The van der Waals surface area contributed by atoms with Gasteiger partial charge >= 0.3 is 0 Å². The molecule has 0 radical (unpaired) electrons. The molecule has 1 aliphatic heterocycles. The lowest BCUT2D eigenvalue weighted by molar-refractivity contribution is -0.117. The highest BCUT2D eigenvalue weighted by Gasteiger charge is 2.24. The summed E-state index contributed by atoms with van der Waals surface area (Å²) in [5.74, 6) is 0.246. The van der Waals surface area contributed by atoms with Crippen molar-refractivity contribution in [2.45, 2.75) is 26.2 Å². The van der Waals surface area contributed by atoms with Gasteiger partial charge in [-0.25, -0.2) is 0 Å². The van der Waals surface area contributed by atoms with Crippen LogP contribution in [0.25, 0.3) is 11.1 Å². The van der Waals surface area contributed by atoms with Gasteiger partial charge in [0.2, 0.25) is 5.91 Å². The Hall–Kier alpha value is -2.09. The molecule has 2 nitrogen and oxygen atoms in total. The van der Waals surface area contributed by atoms with E-state index in [1.807, 2.05) is 23.1 Å². The Kier molecular flexibility index (Phi) is 3.55. The molecule has 0 aromatic heterocycles. The molecule has 0 saturated carbocycles. The minimum Gasteiger partial charge on any atom is -0.312 e. The van der Waals surface area contributed by atoms with E-state index in [2.05, 4.69) is 37.3 Å². The van der Waals surface area contributed by atoms with Crippen LogP contribution in [-0.4, -0.2) is 12.5 Å². The third-order valence-corrected chi connectivity index (χ3v) is 3.92. The third kappa shape index (κ3) is 2.34. The number of nitrogens with zero attached hydrogens (tertiary/aromatic N) is 1. The number of anilines is 1. The highest BCUT2D eigenvalue weighted by molar-refractivity contribution is 5.99. The van der Waals surface area contributed by atoms with Gasteiger partial charge in [-0.3, -0.25) is 4.79 Å². The van der Waals surface area contributed by atoms with Crippen molar-refractivity contribution in [1.29, 1.82) is 0 Å². The molecule has 0 atom stereocenters. The van der Waals surface area contributed by atoms with Crippen LogP contribution in [0.5, 0.6) is 0 Å². The standard InChI is InChI=1S/C18H19NO/c1-2-14-10-11-16(15-7-4-3-5-8-15)17(13-14)19-12-6-9-18(19)20/h3-5,7-8,10-11,13H,2,6,9,12H2,1H3. The maximum atomic E-state index is 12.1. The number of carbonyl (C=O) groups is 1. The summed E-state index contributed by atoms with van der Waals surface area (Å²) in [6, 6.07) is 16.8. The first-order valence-electron chi connectivity index (χ1n) is 7.28. The Labute approximate surface area is 120 Å². The summed E-state index contributed by atoms with van der Waals surface area (Å²) >= 11 is 0. The fourth-order valence-corrected chi connectivity index (χ4v) is 2.79. The molecule has 0 unspecified atom stereocenters. The zero-order chi connectivity index (χ0) is 13.9. The van der Waals surface area contributed by atoms with Crippen LogP contribution in [-0.2, 0) is 11.2 Å². The summed E-state index contributed by atoms with van der Waals surface area (Å²) in [7, 11) is 0. The van der Waals surface area contributed by atoms with Crippen molar-refractivity contribution in [2.75, 3.05) is 11.4 Å². The summed E-state index contributed by atoms with van der Waals surface area (Å²) in [4.78, 5) is 14.0. The molecule has 20 heavy (non-hydrogen) atoms. The Morgan fingerprint density at radius 2 is 1.90 bits per heavy atom. The minimum absolute atomic E-state index is 0.246. The monoisotopic (exact) mass is 265 g/mol. The quantitative estimate of drug-likeness (QED) is 0.820. The van der Waals surface area contributed by atoms with Crippen molar-refractivity contribution in [3.8, 4) is 11.1 Å². The first kappa shape index (κ1) is 12.9. The van der Waals surface area contributed by atoms with E-state index < -0.39 is 0 Å². The largest absolute Gasteiger partial charge is 0.312 e. The second kappa shape index (κ2) is 5.49. The average molecular weight is 265 g/mol. The van der Waals surface area contributed by atoms with Crippen molar-refractivity contribution in [3.05, 3.63) is 54.1 Å². The Bertz CT molecular complexity index is 619. The first-order valence-corrected chi connectivity index (χ1v) is 7.28. The normalized spacial score (nSPS) is 14.8. The van der Waals surface area contributed by atoms with E-state index in [9.17, 15) is 4.79 Å². The molecule has 102 valence electrons. The van der Waals surface area contributed by atoms with E-state index >= 15 is 0 Å². The molecule has 0 spiro atoms. The van der Waals surface area contributed by atoms with Gasteiger partial charge in [0.1, 0.15) is 0 Å². The van der Waals surface area contributed by atoms with Gasteiger partial charge in [0, 0.05) is 18.5 Å². The lowest BCUT2D eigenvalue weighted by Crippen LogP contribution is -2.24. The Morgan fingerprint density at radius 3 is 2.55 bits per heavy atom. The predicted octanol–water partition coefficient (Wildman–Crippen LogP) is 4.04. The molecule has 3 rings (SSSR count). The number of benzene rings is 2. The van der Waals surface area contributed by atoms with Crippen LogP contribution in [0.4, 0.5) is 5.69 Å². The maximum Gasteiger partial charge on any atom is 0.227 e. The second-order valence-corrected chi connectivity index (χ2v) is 5.22. The zero-order valence-corrected chi connectivity index (χ0v) is 11.8. The molecule has 2 heteroatoms. The van der Waals surface area contributed by atoms with Crippen molar-refractivity contribution in [3.63, 3.8) is 0 Å². The van der Waals surface area contributed by atoms with Gasteiger partial charge < -0.3 is 4.90 Å². The van der Waals surface area contributed by atoms with Crippen molar-refractivity contribution < 1.29 is 4.79 Å². The molecule has 1 aliphatic rings. The van der Waals surface area contributed by atoms with Crippen LogP contribution < -0.4 is 4.90 Å². The van der Waals surface area contributed by atoms with Crippen LogP contribution in [0.3, 0.4) is 0 Å². The summed E-state index contributed by atoms with van der Waals surface area (Å²) in [6.45, 7) is 2.99. The van der Waals surface area contributed by atoms with E-state index in [4.69, 9.17) is 0 Å². The molecule has 0 N–H and O–H groups in total. The van der Waals surface area contributed by atoms with Crippen LogP contribution in [0.15, 0.2) is 48.5 Å². The van der Waals surface area contributed by atoms with E-state index in [0.29, 0.717) is 6.42 Å². The Balaban J connectivity index is 2.12. The number of hydrogen-bond donors (Lipinski definition) is 0. The molecular formula is C18H19NO. The number of amides is 1. The molecule has 2 aromatic carbocycles. The first-order chi connectivity index (χ1) is 9.79. The number of rotatable bonds is 3. The molecular weight excluding hydrogens is 246 g/mol. The van der Waals surface area contributed by atoms with Gasteiger partial charge in [-0.1, -0.05) is 49.4 Å². The number of carbonyl (C=O) groups excluding carboxylic acids is 1. The number of hydrogen-bond acceptors (Lipinski definition) is 1. The summed E-state index contributed by atoms with van der Waals surface area (Å²) in [6.07, 6.45) is 2.62. The summed E-state index contributed by atoms with van der Waals surface area (Å²) in [5, 5.41) is 0. The fraction of sp³-hybridized carbons (Fsp3) is 0.278. The molecule has 1 heterocycles. The van der Waals surface area contributed by atoms with Crippen LogP contribution in [0.1, 0.15) is 25.3 Å². The predicted molar refractivity (Wildman–Crippen MR) is 82.8 cm³/mol. The van der Waals surface area contributed by atoms with Crippen molar-refractivity contribution in [1.82, 2.24) is 0 Å². The van der Waals surface area contributed by atoms with E-state index in [1.165, 1.54) is 11.1 Å². The second-order valence-electron chi connectivity index (χ2n) is 5.22. The molecule has 0 aliphatic carbocycles. The maximum absolute atomic E-state index is 12.1. The lowest BCUT2D eigenvalue weighted by atomic mass is 10.00. The third-order valence-electron chi connectivity index (χ3n) is 3.92. The smallest absolute Gasteiger partial charge is 0.227 e. The van der Waals surface area contributed by atoms with Gasteiger partial charge in [0.25, 0.3) is 0 Å². The van der Waals surface area contributed by atoms with E-state index in [0.717, 1.165) is 30.6 Å². The molecule has 1 saturated heterocycles. The topological polar surface area (TPSA) is 20.3 Å². The van der Waals surface area contributed by atoms with Crippen molar-refractivity contribution >= 4 is 11.6 Å². The van der Waals surface area contributed by atoms with Gasteiger partial charge in [0.05, 0.1) is 5.69 Å². The summed E-state index contributed by atoms with van der Waals surface area (Å²) in [5.41, 5.74) is 4.67. The molecule has 1 amide bonds. The minimum atomic E-state index is 0.246. The molecule has 1 fully saturated rings. The van der Waals surface area contributed by atoms with Crippen LogP contribution in [0, 0.1) is 0 Å². The zero-order valence-electron chi connectivity index (χ0n) is 11.8. The highest BCUT2D eigenvalue weighted by atomic mass is 16.2. The van der Waals surface area contributed by atoms with Crippen molar-refractivity contribution in [2.24, 2.45) is 0 Å². The van der Waals surface area contributed by atoms with Gasteiger partial charge in [-0.2, -0.15) is 0 Å². The SMILES string of the molecule is CCc1ccc(-c2ccccc2)c(N2CCCC2=O)c1. The fourth-order valence-electron chi connectivity index (χ4n) is 2.79. The average Bonchev–Trinajstić information content (AvgIpc) is 2.93. The van der Waals surface area contributed by atoms with Crippen LogP contribution >= 0.6 is 0 Å². The van der Waals surface area contributed by atoms with E-state index in [-0.39, 0.29) is 5.91 Å². The molecule has 2 aromatic rings. The van der Waals surface area contributed by atoms with Gasteiger partial charge in [-0.15, -0.1) is 0 Å². The van der Waals surface area contributed by atoms with E-state index in [1.54, 1.807) is 0 Å². The van der Waals surface area contributed by atoms with Gasteiger partial charge in [-0.05, 0) is 30.0 Å². The molecule has 0 bridgehead atoms. The Morgan fingerprint density at radius 1 is 1.10 bits per heavy atom. The lowest BCUT2D eigenvalue weighted by Gasteiger charge is -2.21. The van der Waals surface area contributed by atoms with Gasteiger partial charge in [0.15, 0.2) is 0 Å². The number of aryl methyl sites for hydroxylation is 1. The summed E-state index contributed by atoms with van der Waals surface area (Å²) < 4.78 is 0. The van der Waals surface area contributed by atoms with Crippen LogP contribution in [0.2, 0.25) is 0 Å².